The van der Waals surface area contributed by atoms with Gasteiger partial charge in [0.1, 0.15) is 0 Å². The Hall–Kier alpha value is -1.68. The minimum atomic E-state index is -0.685. The van der Waals surface area contributed by atoms with Gasteiger partial charge in [-0.3, -0.25) is 14.9 Å². The van der Waals surface area contributed by atoms with E-state index in [2.05, 4.69) is 5.32 Å². The highest BCUT2D eigenvalue weighted by Gasteiger charge is 2.43. The quantitative estimate of drug-likeness (QED) is 0.823. The summed E-state index contributed by atoms with van der Waals surface area (Å²) < 4.78 is 0. The Bertz CT molecular complexity index is 539. The Morgan fingerprint density at radius 2 is 2.00 bits per heavy atom. The van der Waals surface area contributed by atoms with E-state index in [0.29, 0.717) is 25.7 Å². The van der Waals surface area contributed by atoms with Crippen molar-refractivity contribution in [2.75, 3.05) is 6.61 Å². The molecule has 1 fully saturated rings. The Morgan fingerprint density at radius 3 is 2.60 bits per heavy atom. The Labute approximate surface area is 119 Å². The maximum absolute atomic E-state index is 12.4. The smallest absolute Gasteiger partial charge is 0.237 e. The van der Waals surface area contributed by atoms with Crippen LogP contribution < -0.4 is 5.32 Å². The van der Waals surface area contributed by atoms with Crippen LogP contribution in [0.3, 0.4) is 0 Å². The van der Waals surface area contributed by atoms with Crippen molar-refractivity contribution in [2.24, 2.45) is 0 Å². The molecular formula is C16H21NO3. The summed E-state index contributed by atoms with van der Waals surface area (Å²) in [6, 6.07) is 6.01. The topological polar surface area (TPSA) is 66.4 Å². The van der Waals surface area contributed by atoms with Crippen LogP contribution in [0.4, 0.5) is 0 Å². The molecule has 0 spiro atoms. The highest BCUT2D eigenvalue weighted by Crippen LogP contribution is 2.37. The second kappa shape index (κ2) is 5.75. The highest BCUT2D eigenvalue weighted by atomic mass is 16.3. The minimum absolute atomic E-state index is 0.0494. The molecule has 108 valence electrons. The molecule has 0 aliphatic carbocycles. The van der Waals surface area contributed by atoms with Gasteiger partial charge in [0.25, 0.3) is 0 Å². The molecule has 1 aromatic carbocycles. The molecule has 1 aliphatic rings. The number of benzene rings is 1. The molecule has 1 heterocycles. The fraction of sp³-hybridized carbons (Fsp3) is 0.500. The zero-order chi connectivity index (χ0) is 14.8. The number of hydrogen-bond acceptors (Lipinski definition) is 3. The standard InChI is InChI=1S/C16H21NO3/c1-11-4-5-13(10-12(11)2)16(7-3-9-18)8-6-14(19)17-15(16)20/h4-5,10,18H,3,6-9H2,1-2H3,(H,17,19,20). The predicted octanol–water partition coefficient (Wildman–Crippen LogP) is 1.75. The van der Waals surface area contributed by atoms with Crippen molar-refractivity contribution in [1.82, 2.24) is 5.32 Å². The lowest BCUT2D eigenvalue weighted by molar-refractivity contribution is -0.138. The van der Waals surface area contributed by atoms with E-state index in [1.54, 1.807) is 0 Å². The summed E-state index contributed by atoms with van der Waals surface area (Å²) in [5.41, 5.74) is 2.57. The molecule has 1 aromatic rings. The number of imide groups is 1. The van der Waals surface area contributed by atoms with Crippen molar-refractivity contribution < 1.29 is 14.7 Å². The molecule has 2 amide bonds. The molecule has 1 aliphatic heterocycles. The van der Waals surface area contributed by atoms with Gasteiger partial charge < -0.3 is 5.11 Å². The molecule has 2 N–H and O–H groups in total. The van der Waals surface area contributed by atoms with Gasteiger partial charge in [0, 0.05) is 13.0 Å². The maximum Gasteiger partial charge on any atom is 0.237 e. The Kier molecular flexibility index (Phi) is 4.23. The molecule has 4 nitrogen and oxygen atoms in total. The van der Waals surface area contributed by atoms with E-state index in [1.807, 2.05) is 32.0 Å². The number of piperidine rings is 1. The van der Waals surface area contributed by atoms with Gasteiger partial charge >= 0.3 is 0 Å². The molecule has 2 rings (SSSR count). The Balaban J connectivity index is 2.43. The van der Waals surface area contributed by atoms with Gasteiger partial charge in [-0.15, -0.1) is 0 Å². The van der Waals surface area contributed by atoms with Crippen LogP contribution >= 0.6 is 0 Å². The summed E-state index contributed by atoms with van der Waals surface area (Å²) >= 11 is 0. The lowest BCUT2D eigenvalue weighted by Gasteiger charge is -2.36. The number of rotatable bonds is 4. The van der Waals surface area contributed by atoms with Gasteiger partial charge in [-0.05, 0) is 49.8 Å². The number of aliphatic hydroxyl groups is 1. The molecular weight excluding hydrogens is 254 g/mol. The van der Waals surface area contributed by atoms with Gasteiger partial charge in [0.2, 0.25) is 11.8 Å². The average Bonchev–Trinajstić information content (AvgIpc) is 2.42. The second-order valence-electron chi connectivity index (χ2n) is 5.59. The largest absolute Gasteiger partial charge is 0.396 e. The van der Waals surface area contributed by atoms with Crippen LogP contribution in [0, 0.1) is 13.8 Å². The summed E-state index contributed by atoms with van der Waals surface area (Å²) in [5.74, 6) is -0.441. The van der Waals surface area contributed by atoms with Crippen LogP contribution in [-0.2, 0) is 15.0 Å². The van der Waals surface area contributed by atoms with Crippen LogP contribution in [0.5, 0.6) is 0 Å². The first-order valence-electron chi connectivity index (χ1n) is 7.02. The van der Waals surface area contributed by atoms with E-state index in [1.165, 1.54) is 5.56 Å². The zero-order valence-corrected chi connectivity index (χ0v) is 12.0. The van der Waals surface area contributed by atoms with E-state index in [-0.39, 0.29) is 18.4 Å². The van der Waals surface area contributed by atoms with Crippen LogP contribution in [0.25, 0.3) is 0 Å². The number of hydrogen-bond donors (Lipinski definition) is 2. The summed E-state index contributed by atoms with van der Waals surface area (Å²) in [7, 11) is 0. The zero-order valence-electron chi connectivity index (χ0n) is 12.0. The van der Waals surface area contributed by atoms with E-state index >= 15 is 0 Å². The molecule has 1 unspecified atom stereocenters. The number of carbonyl (C=O) groups is 2. The molecule has 1 saturated heterocycles. The SMILES string of the molecule is Cc1ccc(C2(CCCO)CCC(=O)NC2=O)cc1C. The normalized spacial score (nSPS) is 22.8. The number of nitrogens with one attached hydrogen (secondary N) is 1. The molecule has 0 radical (unpaired) electrons. The van der Waals surface area contributed by atoms with E-state index in [4.69, 9.17) is 5.11 Å². The van der Waals surface area contributed by atoms with Crippen molar-refractivity contribution in [2.45, 2.75) is 44.9 Å². The monoisotopic (exact) mass is 275 g/mol. The molecule has 0 bridgehead atoms. The van der Waals surface area contributed by atoms with Crippen LogP contribution in [-0.4, -0.2) is 23.5 Å². The van der Waals surface area contributed by atoms with Crippen molar-refractivity contribution in [3.8, 4) is 0 Å². The van der Waals surface area contributed by atoms with Crippen LogP contribution in [0.2, 0.25) is 0 Å². The van der Waals surface area contributed by atoms with E-state index in [0.717, 1.165) is 11.1 Å². The molecule has 1 atom stereocenters. The van der Waals surface area contributed by atoms with Crippen molar-refractivity contribution >= 4 is 11.8 Å². The molecule has 0 saturated carbocycles. The minimum Gasteiger partial charge on any atom is -0.396 e. The fourth-order valence-electron chi connectivity index (χ4n) is 2.83. The molecule has 4 heteroatoms. The van der Waals surface area contributed by atoms with Crippen LogP contribution in [0.1, 0.15) is 42.4 Å². The van der Waals surface area contributed by atoms with Crippen LogP contribution in [0.15, 0.2) is 18.2 Å². The first-order chi connectivity index (χ1) is 9.49. The second-order valence-corrected chi connectivity index (χ2v) is 5.59. The molecule has 20 heavy (non-hydrogen) atoms. The van der Waals surface area contributed by atoms with Gasteiger partial charge in [0.05, 0.1) is 5.41 Å². The summed E-state index contributed by atoms with van der Waals surface area (Å²) in [5, 5.41) is 11.5. The first-order valence-corrected chi connectivity index (χ1v) is 7.02. The predicted molar refractivity (Wildman–Crippen MR) is 76.3 cm³/mol. The third kappa shape index (κ3) is 2.61. The summed E-state index contributed by atoms with van der Waals surface area (Å²) in [4.78, 5) is 23.8. The van der Waals surface area contributed by atoms with Crippen molar-refractivity contribution in [1.29, 1.82) is 0 Å². The van der Waals surface area contributed by atoms with Gasteiger partial charge in [-0.1, -0.05) is 18.2 Å². The summed E-state index contributed by atoms with van der Waals surface area (Å²) in [6.45, 7) is 4.10. The Morgan fingerprint density at radius 1 is 1.25 bits per heavy atom. The maximum atomic E-state index is 12.4. The van der Waals surface area contributed by atoms with E-state index in [9.17, 15) is 9.59 Å². The van der Waals surface area contributed by atoms with Crippen molar-refractivity contribution in [3.63, 3.8) is 0 Å². The first kappa shape index (κ1) is 14.7. The fourth-order valence-corrected chi connectivity index (χ4v) is 2.83. The van der Waals surface area contributed by atoms with Gasteiger partial charge in [-0.2, -0.15) is 0 Å². The number of aliphatic hydroxyl groups excluding tert-OH is 1. The molecule has 0 aromatic heterocycles. The van der Waals surface area contributed by atoms with Gasteiger partial charge in [-0.25, -0.2) is 0 Å². The lowest BCUT2D eigenvalue weighted by Crippen LogP contribution is -2.51. The third-order valence-electron chi connectivity index (χ3n) is 4.29. The van der Waals surface area contributed by atoms with E-state index < -0.39 is 5.41 Å². The lowest BCUT2D eigenvalue weighted by atomic mass is 9.70. The third-order valence-corrected chi connectivity index (χ3v) is 4.29. The number of aryl methyl sites for hydroxylation is 2. The summed E-state index contributed by atoms with van der Waals surface area (Å²) in [6.07, 6.45) is 1.98. The van der Waals surface area contributed by atoms with Crippen molar-refractivity contribution in [3.05, 3.63) is 34.9 Å². The number of carbonyl (C=O) groups excluding carboxylic acids is 2. The highest BCUT2D eigenvalue weighted by molar-refractivity contribution is 6.03. The van der Waals surface area contributed by atoms with Gasteiger partial charge in [0.15, 0.2) is 0 Å². The number of amides is 2. The average molecular weight is 275 g/mol.